The number of carbonyl (C=O) groups is 1. The van der Waals surface area contributed by atoms with Crippen LogP contribution in [0.25, 0.3) is 0 Å². The van der Waals surface area contributed by atoms with Crippen molar-refractivity contribution in [1.29, 1.82) is 5.41 Å². The number of urea groups is 1. The van der Waals surface area contributed by atoms with Crippen LogP contribution in [-0.2, 0) is 13.1 Å². The van der Waals surface area contributed by atoms with E-state index in [2.05, 4.69) is 12.1 Å². The highest BCUT2D eigenvalue weighted by Gasteiger charge is 2.33. The SMILES string of the molecule is [B]N1CCC(N2Cc3ccccc3CN(c3cccc(C(=N)N)c3)C2=O)CC1. The zero-order valence-electron chi connectivity index (χ0n) is 15.8. The van der Waals surface area contributed by atoms with Gasteiger partial charge in [-0.15, -0.1) is 0 Å². The normalized spacial score (nSPS) is 18.6. The van der Waals surface area contributed by atoms with Crippen LogP contribution in [0.4, 0.5) is 10.5 Å². The molecule has 0 atom stereocenters. The molecule has 2 radical (unpaired) electrons. The Labute approximate surface area is 166 Å². The number of benzene rings is 2. The van der Waals surface area contributed by atoms with E-state index in [1.54, 1.807) is 11.0 Å². The monoisotopic (exact) mass is 373 g/mol. The Balaban J connectivity index is 1.72. The van der Waals surface area contributed by atoms with Gasteiger partial charge in [0.15, 0.2) is 7.98 Å². The lowest BCUT2D eigenvalue weighted by Crippen LogP contribution is -2.50. The summed E-state index contributed by atoms with van der Waals surface area (Å²) in [4.78, 5) is 19.2. The van der Waals surface area contributed by atoms with E-state index in [0.29, 0.717) is 18.7 Å². The van der Waals surface area contributed by atoms with Gasteiger partial charge in [-0.05, 0) is 49.2 Å². The van der Waals surface area contributed by atoms with Gasteiger partial charge >= 0.3 is 6.03 Å². The first-order chi connectivity index (χ1) is 13.5. The molecule has 3 N–H and O–H groups in total. The van der Waals surface area contributed by atoms with Crippen LogP contribution in [0.5, 0.6) is 0 Å². The van der Waals surface area contributed by atoms with Crippen molar-refractivity contribution in [3.05, 3.63) is 65.2 Å². The molecule has 0 bridgehead atoms. The number of nitrogens with zero attached hydrogens (tertiary/aromatic N) is 3. The van der Waals surface area contributed by atoms with E-state index >= 15 is 0 Å². The summed E-state index contributed by atoms with van der Waals surface area (Å²) in [5.74, 6) is -0.00306. The second-order valence-corrected chi connectivity index (χ2v) is 7.50. The van der Waals surface area contributed by atoms with Crippen LogP contribution in [0.3, 0.4) is 0 Å². The fourth-order valence-corrected chi connectivity index (χ4v) is 4.04. The predicted octanol–water partition coefficient (Wildman–Crippen LogP) is 2.46. The summed E-state index contributed by atoms with van der Waals surface area (Å²) in [6, 6.07) is 15.7. The molecule has 2 aliphatic rings. The van der Waals surface area contributed by atoms with Gasteiger partial charge in [-0.25, -0.2) is 4.79 Å². The highest BCUT2D eigenvalue weighted by Crippen LogP contribution is 2.29. The van der Waals surface area contributed by atoms with Gasteiger partial charge in [0.05, 0.1) is 6.54 Å². The highest BCUT2D eigenvalue weighted by atomic mass is 16.2. The molecule has 142 valence electrons. The third-order valence-corrected chi connectivity index (χ3v) is 5.67. The van der Waals surface area contributed by atoms with E-state index in [1.807, 2.05) is 40.0 Å². The van der Waals surface area contributed by atoms with Crippen LogP contribution in [0.1, 0.15) is 29.5 Å². The van der Waals surface area contributed by atoms with Crippen LogP contribution in [-0.4, -0.2) is 48.7 Å². The van der Waals surface area contributed by atoms with Gasteiger partial charge in [-0.2, -0.15) is 0 Å². The van der Waals surface area contributed by atoms with Crippen LogP contribution in [0, 0.1) is 5.41 Å². The van der Waals surface area contributed by atoms with Crippen molar-refractivity contribution in [3.63, 3.8) is 0 Å². The van der Waals surface area contributed by atoms with Crippen LogP contribution < -0.4 is 10.6 Å². The Hall–Kier alpha value is -2.80. The molecule has 7 heteroatoms. The number of amidine groups is 1. The molecule has 1 saturated heterocycles. The average Bonchev–Trinajstić information content (AvgIpc) is 2.85. The van der Waals surface area contributed by atoms with Gasteiger partial charge in [0.25, 0.3) is 0 Å². The maximum absolute atomic E-state index is 13.6. The summed E-state index contributed by atoms with van der Waals surface area (Å²) in [7, 11) is 5.92. The molecule has 28 heavy (non-hydrogen) atoms. The second-order valence-electron chi connectivity index (χ2n) is 7.50. The van der Waals surface area contributed by atoms with Crippen molar-refractivity contribution in [2.24, 2.45) is 5.73 Å². The van der Waals surface area contributed by atoms with E-state index in [0.717, 1.165) is 37.2 Å². The van der Waals surface area contributed by atoms with Crippen LogP contribution in [0.15, 0.2) is 48.5 Å². The predicted molar refractivity (Wildman–Crippen MR) is 111 cm³/mol. The summed E-state index contributed by atoms with van der Waals surface area (Å²) in [5, 5.41) is 7.72. The van der Waals surface area contributed by atoms with Gasteiger partial charge in [0.2, 0.25) is 0 Å². The molecule has 0 aliphatic carbocycles. The van der Waals surface area contributed by atoms with E-state index in [4.69, 9.17) is 19.1 Å². The molecule has 2 aliphatic heterocycles. The zero-order chi connectivity index (χ0) is 19.7. The van der Waals surface area contributed by atoms with Gasteiger partial charge in [0.1, 0.15) is 5.84 Å². The Morgan fingerprint density at radius 2 is 1.71 bits per heavy atom. The summed E-state index contributed by atoms with van der Waals surface area (Å²) in [6.45, 7) is 2.68. The van der Waals surface area contributed by atoms with Crippen molar-refractivity contribution in [2.75, 3.05) is 18.0 Å². The molecule has 2 amide bonds. The Bertz CT molecular complexity index is 894. The minimum Gasteiger partial charge on any atom is -0.384 e. The first kappa shape index (κ1) is 18.6. The number of nitrogens with two attached hydrogens (primary N) is 1. The molecular formula is C21H24BN5O. The third-order valence-electron chi connectivity index (χ3n) is 5.67. The maximum atomic E-state index is 13.6. The van der Waals surface area contributed by atoms with E-state index in [-0.39, 0.29) is 17.9 Å². The van der Waals surface area contributed by atoms with E-state index in [1.165, 1.54) is 5.56 Å². The van der Waals surface area contributed by atoms with E-state index in [9.17, 15) is 4.79 Å². The molecule has 0 spiro atoms. The quantitative estimate of drug-likeness (QED) is 0.493. The first-order valence-corrected chi connectivity index (χ1v) is 9.62. The summed E-state index contributed by atoms with van der Waals surface area (Å²) in [5.41, 5.74) is 9.36. The fourth-order valence-electron chi connectivity index (χ4n) is 4.04. The lowest BCUT2D eigenvalue weighted by molar-refractivity contribution is 0.148. The number of piperidine rings is 1. The Kier molecular flexibility index (Phi) is 5.09. The van der Waals surface area contributed by atoms with Crippen molar-refractivity contribution in [1.82, 2.24) is 9.71 Å². The van der Waals surface area contributed by atoms with Gasteiger partial charge < -0.3 is 15.4 Å². The van der Waals surface area contributed by atoms with Crippen molar-refractivity contribution in [3.8, 4) is 0 Å². The minimum atomic E-state index is -0.00706. The van der Waals surface area contributed by atoms with Crippen molar-refractivity contribution >= 4 is 25.5 Å². The number of fused-ring (bicyclic) bond motifs is 1. The number of rotatable bonds is 3. The molecule has 0 aromatic heterocycles. The number of carbonyl (C=O) groups excluding carboxylic acids is 1. The van der Waals surface area contributed by atoms with E-state index < -0.39 is 0 Å². The van der Waals surface area contributed by atoms with Crippen LogP contribution in [0.2, 0.25) is 0 Å². The maximum Gasteiger partial charge on any atom is 0.325 e. The smallest absolute Gasteiger partial charge is 0.325 e. The number of hydrogen-bond acceptors (Lipinski definition) is 3. The van der Waals surface area contributed by atoms with Gasteiger partial charge in [-0.1, -0.05) is 36.4 Å². The molecule has 1 fully saturated rings. The molecule has 2 aromatic carbocycles. The molecule has 0 unspecified atom stereocenters. The Morgan fingerprint density at radius 3 is 2.39 bits per heavy atom. The van der Waals surface area contributed by atoms with Gasteiger partial charge in [0, 0.05) is 23.8 Å². The topological polar surface area (TPSA) is 76.7 Å². The largest absolute Gasteiger partial charge is 0.384 e. The molecule has 2 aromatic rings. The number of nitrogens with one attached hydrogen (secondary N) is 1. The summed E-state index contributed by atoms with van der Waals surface area (Å²) < 4.78 is 0. The number of nitrogen functional groups attached to an aromatic ring is 1. The van der Waals surface area contributed by atoms with Crippen molar-refractivity contribution < 1.29 is 4.79 Å². The van der Waals surface area contributed by atoms with Gasteiger partial charge in [-0.3, -0.25) is 10.3 Å². The molecule has 6 nitrogen and oxygen atoms in total. The summed E-state index contributed by atoms with van der Waals surface area (Å²) in [6.07, 6.45) is 1.73. The molecule has 2 heterocycles. The second kappa shape index (κ2) is 7.68. The molecular weight excluding hydrogens is 349 g/mol. The zero-order valence-corrected chi connectivity index (χ0v) is 15.8. The fraction of sp³-hybridized carbons (Fsp3) is 0.333. The lowest BCUT2D eigenvalue weighted by atomic mass is 10.00. The first-order valence-electron chi connectivity index (χ1n) is 9.62. The standard InChI is InChI=1S/C21H24BN5O/c22-25-10-8-18(9-11-25)26-13-16-4-1-2-5-17(16)14-27(21(26)28)19-7-3-6-15(12-19)20(23)24/h1-7,12,18H,8-11,13-14H2,(H3,23,24). The number of anilines is 1. The van der Waals surface area contributed by atoms with Crippen molar-refractivity contribution in [2.45, 2.75) is 32.0 Å². The average molecular weight is 373 g/mol. The number of amides is 2. The lowest BCUT2D eigenvalue weighted by Gasteiger charge is -2.38. The Morgan fingerprint density at radius 1 is 1.04 bits per heavy atom. The van der Waals surface area contributed by atoms with Crippen LogP contribution >= 0.6 is 0 Å². The number of hydrogen-bond donors (Lipinski definition) is 2. The molecule has 4 rings (SSSR count). The highest BCUT2D eigenvalue weighted by molar-refractivity contribution is 6.04. The summed E-state index contributed by atoms with van der Waals surface area (Å²) >= 11 is 0. The minimum absolute atomic E-state index is 0.00306. The molecule has 0 saturated carbocycles. The third kappa shape index (κ3) is 3.62.